The molecule has 1 aliphatic rings. The SMILES string of the molecule is CC1CC1CN(C)c1ccc(Cl)c(CCl)n1. The average molecular weight is 259 g/mol. The molecule has 0 saturated heterocycles. The first-order chi connectivity index (χ1) is 7.61. The van der Waals surface area contributed by atoms with Crippen LogP contribution in [-0.2, 0) is 5.88 Å². The first kappa shape index (κ1) is 12.0. The zero-order valence-corrected chi connectivity index (χ0v) is 11.1. The Bertz CT molecular complexity index is 381. The number of alkyl halides is 1. The minimum absolute atomic E-state index is 0.361. The van der Waals surface area contributed by atoms with Crippen LogP contribution in [0.1, 0.15) is 19.0 Å². The second-order valence-electron chi connectivity index (χ2n) is 4.59. The van der Waals surface area contributed by atoms with Gasteiger partial charge in [0.15, 0.2) is 0 Å². The average Bonchev–Trinajstić information content (AvgIpc) is 2.94. The quantitative estimate of drug-likeness (QED) is 0.768. The fraction of sp³-hybridized carbons (Fsp3) is 0.583. The number of nitrogens with zero attached hydrogens (tertiary/aromatic N) is 2. The van der Waals surface area contributed by atoms with Gasteiger partial charge in [-0.3, -0.25) is 0 Å². The Morgan fingerprint density at radius 1 is 1.50 bits per heavy atom. The van der Waals surface area contributed by atoms with Gasteiger partial charge in [0.05, 0.1) is 16.6 Å². The number of pyridine rings is 1. The molecule has 1 aromatic heterocycles. The Morgan fingerprint density at radius 3 is 2.75 bits per heavy atom. The van der Waals surface area contributed by atoms with Crippen LogP contribution in [0.2, 0.25) is 5.02 Å². The van der Waals surface area contributed by atoms with Crippen LogP contribution in [0.3, 0.4) is 0 Å². The predicted molar refractivity (Wildman–Crippen MR) is 69.3 cm³/mol. The lowest BCUT2D eigenvalue weighted by atomic mass is 10.3. The monoisotopic (exact) mass is 258 g/mol. The van der Waals surface area contributed by atoms with Gasteiger partial charge in [0.2, 0.25) is 0 Å². The summed E-state index contributed by atoms with van der Waals surface area (Å²) in [6.07, 6.45) is 1.33. The van der Waals surface area contributed by atoms with E-state index in [1.165, 1.54) is 6.42 Å². The molecule has 2 unspecified atom stereocenters. The van der Waals surface area contributed by atoms with Crippen molar-refractivity contribution in [2.45, 2.75) is 19.2 Å². The number of anilines is 1. The molecule has 1 fully saturated rings. The normalized spacial score (nSPS) is 23.2. The van der Waals surface area contributed by atoms with E-state index in [2.05, 4.69) is 23.9 Å². The van der Waals surface area contributed by atoms with Crippen molar-refractivity contribution in [1.29, 1.82) is 0 Å². The van der Waals surface area contributed by atoms with Crippen LogP contribution >= 0.6 is 23.2 Å². The van der Waals surface area contributed by atoms with E-state index in [0.717, 1.165) is 29.9 Å². The molecular formula is C12H16Cl2N2. The summed E-state index contributed by atoms with van der Waals surface area (Å²) in [5.74, 6) is 3.00. The van der Waals surface area contributed by atoms with E-state index in [1.54, 1.807) is 0 Å². The summed E-state index contributed by atoms with van der Waals surface area (Å²) >= 11 is 11.8. The van der Waals surface area contributed by atoms with Crippen LogP contribution in [0.25, 0.3) is 0 Å². The maximum Gasteiger partial charge on any atom is 0.128 e. The van der Waals surface area contributed by atoms with E-state index in [4.69, 9.17) is 23.2 Å². The van der Waals surface area contributed by atoms with Gasteiger partial charge in [0.25, 0.3) is 0 Å². The van der Waals surface area contributed by atoms with Gasteiger partial charge in [-0.15, -0.1) is 11.6 Å². The molecule has 1 aromatic rings. The Hall–Kier alpha value is -0.470. The summed E-state index contributed by atoms with van der Waals surface area (Å²) in [5.41, 5.74) is 0.761. The van der Waals surface area contributed by atoms with Gasteiger partial charge in [-0.2, -0.15) is 0 Å². The molecule has 2 nitrogen and oxygen atoms in total. The summed E-state index contributed by atoms with van der Waals surface area (Å²) in [5, 5.41) is 0.645. The molecule has 4 heteroatoms. The minimum Gasteiger partial charge on any atom is -0.359 e. The van der Waals surface area contributed by atoms with E-state index >= 15 is 0 Å². The molecule has 2 atom stereocenters. The van der Waals surface area contributed by atoms with E-state index in [0.29, 0.717) is 10.9 Å². The van der Waals surface area contributed by atoms with Crippen molar-refractivity contribution in [2.75, 3.05) is 18.5 Å². The van der Waals surface area contributed by atoms with Crippen molar-refractivity contribution in [3.8, 4) is 0 Å². The molecule has 0 N–H and O–H groups in total. The van der Waals surface area contributed by atoms with Gasteiger partial charge >= 0.3 is 0 Å². The van der Waals surface area contributed by atoms with Crippen molar-refractivity contribution in [3.63, 3.8) is 0 Å². The molecule has 0 aromatic carbocycles. The Kier molecular flexibility index (Phi) is 3.60. The summed E-state index contributed by atoms with van der Waals surface area (Å²) in [6, 6.07) is 3.82. The van der Waals surface area contributed by atoms with Crippen molar-refractivity contribution >= 4 is 29.0 Å². The molecular weight excluding hydrogens is 243 g/mol. The first-order valence-corrected chi connectivity index (χ1v) is 6.45. The highest BCUT2D eigenvalue weighted by Crippen LogP contribution is 2.38. The van der Waals surface area contributed by atoms with Gasteiger partial charge in [0, 0.05) is 13.6 Å². The van der Waals surface area contributed by atoms with E-state index in [-0.39, 0.29) is 0 Å². The van der Waals surface area contributed by atoms with E-state index in [9.17, 15) is 0 Å². The van der Waals surface area contributed by atoms with Crippen LogP contribution < -0.4 is 4.90 Å². The largest absolute Gasteiger partial charge is 0.359 e. The Balaban J connectivity index is 2.07. The van der Waals surface area contributed by atoms with Crippen molar-refractivity contribution in [1.82, 2.24) is 4.98 Å². The van der Waals surface area contributed by atoms with Gasteiger partial charge in [-0.1, -0.05) is 18.5 Å². The third-order valence-electron chi connectivity index (χ3n) is 3.21. The molecule has 1 aliphatic carbocycles. The fourth-order valence-corrected chi connectivity index (χ4v) is 2.32. The standard InChI is InChI=1S/C12H16Cl2N2/c1-8-5-9(8)7-16(2)12-4-3-10(14)11(6-13)15-12/h3-4,8-9H,5-7H2,1-2H3. The van der Waals surface area contributed by atoms with Gasteiger partial charge in [-0.05, 0) is 30.4 Å². The number of rotatable bonds is 4. The van der Waals surface area contributed by atoms with Gasteiger partial charge < -0.3 is 4.90 Å². The third-order valence-corrected chi connectivity index (χ3v) is 3.80. The zero-order valence-electron chi connectivity index (χ0n) is 9.58. The molecule has 0 amide bonds. The fourth-order valence-electron chi connectivity index (χ4n) is 1.88. The lowest BCUT2D eigenvalue weighted by Gasteiger charge is -2.18. The number of halogens is 2. The second-order valence-corrected chi connectivity index (χ2v) is 5.26. The highest BCUT2D eigenvalue weighted by molar-refractivity contribution is 6.32. The smallest absolute Gasteiger partial charge is 0.128 e. The maximum absolute atomic E-state index is 5.98. The lowest BCUT2D eigenvalue weighted by Crippen LogP contribution is -2.21. The number of hydrogen-bond donors (Lipinski definition) is 0. The minimum atomic E-state index is 0.361. The van der Waals surface area contributed by atoms with Crippen LogP contribution in [0, 0.1) is 11.8 Å². The third kappa shape index (κ3) is 2.61. The first-order valence-electron chi connectivity index (χ1n) is 5.54. The summed E-state index contributed by atoms with van der Waals surface area (Å²) in [6.45, 7) is 3.36. The van der Waals surface area contributed by atoms with E-state index < -0.39 is 0 Å². The van der Waals surface area contributed by atoms with Crippen molar-refractivity contribution in [2.24, 2.45) is 11.8 Å². The summed E-state index contributed by atoms with van der Waals surface area (Å²) in [4.78, 5) is 6.64. The summed E-state index contributed by atoms with van der Waals surface area (Å²) < 4.78 is 0. The molecule has 0 bridgehead atoms. The number of hydrogen-bond acceptors (Lipinski definition) is 2. The van der Waals surface area contributed by atoms with Crippen LogP contribution in [0.4, 0.5) is 5.82 Å². The summed E-state index contributed by atoms with van der Waals surface area (Å²) in [7, 11) is 2.07. The second kappa shape index (κ2) is 4.80. The maximum atomic E-state index is 5.98. The predicted octanol–water partition coefficient (Wildman–Crippen LogP) is 3.57. The number of aromatic nitrogens is 1. The Morgan fingerprint density at radius 2 is 2.19 bits per heavy atom. The topological polar surface area (TPSA) is 16.1 Å². The molecule has 2 rings (SSSR count). The highest BCUT2D eigenvalue weighted by Gasteiger charge is 2.33. The van der Waals surface area contributed by atoms with Crippen LogP contribution in [0.15, 0.2) is 12.1 Å². The highest BCUT2D eigenvalue weighted by atomic mass is 35.5. The molecule has 16 heavy (non-hydrogen) atoms. The van der Waals surface area contributed by atoms with Crippen molar-refractivity contribution in [3.05, 3.63) is 22.8 Å². The van der Waals surface area contributed by atoms with Crippen molar-refractivity contribution < 1.29 is 0 Å². The molecule has 88 valence electrons. The lowest BCUT2D eigenvalue weighted by molar-refractivity contribution is 0.718. The molecule has 0 spiro atoms. The zero-order chi connectivity index (χ0) is 11.7. The van der Waals surface area contributed by atoms with Crippen LogP contribution in [0.5, 0.6) is 0 Å². The van der Waals surface area contributed by atoms with E-state index in [1.807, 2.05) is 12.1 Å². The molecule has 1 saturated carbocycles. The van der Waals surface area contributed by atoms with Crippen LogP contribution in [-0.4, -0.2) is 18.6 Å². The molecule has 1 heterocycles. The molecule has 0 aliphatic heterocycles. The van der Waals surface area contributed by atoms with Gasteiger partial charge in [-0.25, -0.2) is 4.98 Å². The molecule has 0 radical (unpaired) electrons. The Labute approximate surface area is 107 Å². The van der Waals surface area contributed by atoms with Gasteiger partial charge in [0.1, 0.15) is 5.82 Å².